The molecule has 1 atom stereocenters. The highest BCUT2D eigenvalue weighted by atomic mass is 16.7. The van der Waals surface area contributed by atoms with Crippen LogP contribution < -0.4 is 0 Å². The van der Waals surface area contributed by atoms with E-state index in [1.807, 2.05) is 0 Å². The lowest BCUT2D eigenvalue weighted by Gasteiger charge is -2.22. The van der Waals surface area contributed by atoms with Crippen LogP contribution in [0.5, 0.6) is 0 Å². The van der Waals surface area contributed by atoms with E-state index in [0.29, 0.717) is 119 Å². The number of hydrogen-bond donors (Lipinski definition) is 0. The lowest BCUT2D eigenvalue weighted by atomic mass is 10.2. The zero-order valence-electron chi connectivity index (χ0n) is 24.5. The Kier molecular flexibility index (Phi) is 30.1. The Morgan fingerprint density at radius 2 is 0.795 bits per heavy atom. The largest absolute Gasteiger partial charge is 0.379 e. The summed E-state index contributed by atoms with van der Waals surface area (Å²) in [4.78, 5) is 0. The van der Waals surface area contributed by atoms with Crippen molar-refractivity contribution in [3.05, 3.63) is 0 Å². The fourth-order valence-corrected chi connectivity index (χ4v) is 3.40. The van der Waals surface area contributed by atoms with Crippen molar-refractivity contribution in [1.29, 1.82) is 0 Å². The first kappa shape index (κ1) is 36.6. The van der Waals surface area contributed by atoms with Crippen LogP contribution in [0.1, 0.15) is 45.4 Å². The van der Waals surface area contributed by atoms with Crippen LogP contribution in [0.3, 0.4) is 0 Å². The number of rotatable bonds is 32. The highest BCUT2D eigenvalue weighted by Crippen LogP contribution is 2.13. The summed E-state index contributed by atoms with van der Waals surface area (Å²) in [6, 6.07) is 0. The monoisotopic (exact) mass is 568 g/mol. The van der Waals surface area contributed by atoms with Gasteiger partial charge in [-0.15, -0.1) is 0 Å². The first-order valence-corrected chi connectivity index (χ1v) is 14.9. The molecular weight excluding hydrogens is 512 g/mol. The summed E-state index contributed by atoms with van der Waals surface area (Å²) in [5.41, 5.74) is 0. The minimum Gasteiger partial charge on any atom is -0.379 e. The zero-order chi connectivity index (χ0) is 27.7. The molecule has 0 aliphatic carbocycles. The molecule has 234 valence electrons. The maximum atomic E-state index is 5.60. The van der Waals surface area contributed by atoms with Gasteiger partial charge in [0.1, 0.15) is 0 Å². The summed E-state index contributed by atoms with van der Waals surface area (Å²) < 4.78 is 60.4. The lowest BCUT2D eigenvalue weighted by molar-refractivity contribution is -0.169. The molecule has 0 N–H and O–H groups in total. The molecule has 1 fully saturated rings. The van der Waals surface area contributed by atoms with Crippen molar-refractivity contribution < 1.29 is 52.1 Å². The van der Waals surface area contributed by atoms with Crippen LogP contribution in [0.15, 0.2) is 0 Å². The molecule has 0 amide bonds. The Balaban J connectivity index is 1.60. The molecule has 0 radical (unpaired) electrons. The van der Waals surface area contributed by atoms with Crippen LogP contribution in [0.2, 0.25) is 0 Å². The molecule has 1 rings (SSSR count). The van der Waals surface area contributed by atoms with Crippen LogP contribution >= 0.6 is 0 Å². The Hall–Kier alpha value is -0.440. The van der Waals surface area contributed by atoms with E-state index in [-0.39, 0.29) is 6.29 Å². The smallest absolute Gasteiger partial charge is 0.157 e. The van der Waals surface area contributed by atoms with E-state index in [4.69, 9.17) is 52.1 Å². The summed E-state index contributed by atoms with van der Waals surface area (Å²) in [5.74, 6) is 0. The van der Waals surface area contributed by atoms with E-state index < -0.39 is 0 Å². The summed E-state index contributed by atoms with van der Waals surface area (Å²) in [6.07, 6.45) is 6.77. The second kappa shape index (κ2) is 32.1. The van der Waals surface area contributed by atoms with Crippen LogP contribution in [0.25, 0.3) is 0 Å². The summed E-state index contributed by atoms with van der Waals surface area (Å²) in [6.45, 7) is 13.7. The second-order valence-corrected chi connectivity index (χ2v) is 8.89. The van der Waals surface area contributed by atoms with E-state index >= 15 is 0 Å². The fourth-order valence-electron chi connectivity index (χ4n) is 3.40. The van der Waals surface area contributed by atoms with Gasteiger partial charge in [0, 0.05) is 13.2 Å². The third kappa shape index (κ3) is 28.9. The van der Waals surface area contributed by atoms with Gasteiger partial charge in [-0.3, -0.25) is 0 Å². The number of ether oxygens (including phenoxy) is 11. The van der Waals surface area contributed by atoms with Gasteiger partial charge in [0.2, 0.25) is 0 Å². The van der Waals surface area contributed by atoms with Gasteiger partial charge in [0.05, 0.1) is 119 Å². The molecule has 1 heterocycles. The molecule has 0 saturated carbocycles. The van der Waals surface area contributed by atoms with Crippen molar-refractivity contribution in [2.75, 3.05) is 132 Å². The number of unbranched alkanes of at least 4 members (excludes halogenated alkanes) is 2. The quantitative estimate of drug-likeness (QED) is 0.112. The molecule has 0 bridgehead atoms. The minimum atomic E-state index is -0.0596. The molecule has 1 aliphatic heterocycles. The Morgan fingerprint density at radius 1 is 0.436 bits per heavy atom. The molecule has 1 saturated heterocycles. The van der Waals surface area contributed by atoms with Crippen molar-refractivity contribution in [3.8, 4) is 0 Å². The standard InChI is InChI=1S/C28H56O11/c1-2-3-5-8-29-10-11-30-12-13-31-14-15-32-16-17-33-18-19-34-20-21-35-22-23-36-24-25-37-26-27-39-28-7-4-6-9-38-28/h28H,2-27H2,1H3. The minimum absolute atomic E-state index is 0.0596. The third-order valence-corrected chi connectivity index (χ3v) is 5.54. The van der Waals surface area contributed by atoms with Crippen molar-refractivity contribution >= 4 is 0 Å². The maximum Gasteiger partial charge on any atom is 0.157 e. The first-order valence-electron chi connectivity index (χ1n) is 14.9. The predicted octanol–water partition coefficient (Wildman–Crippen LogP) is 2.87. The molecule has 1 aliphatic rings. The summed E-state index contributed by atoms with van der Waals surface area (Å²) >= 11 is 0. The molecule has 39 heavy (non-hydrogen) atoms. The average Bonchev–Trinajstić information content (AvgIpc) is 2.96. The molecule has 0 aromatic heterocycles. The van der Waals surface area contributed by atoms with Gasteiger partial charge >= 0.3 is 0 Å². The van der Waals surface area contributed by atoms with E-state index in [2.05, 4.69) is 6.92 Å². The lowest BCUT2D eigenvalue weighted by Crippen LogP contribution is -2.24. The highest BCUT2D eigenvalue weighted by molar-refractivity contribution is 4.53. The zero-order valence-corrected chi connectivity index (χ0v) is 24.5. The van der Waals surface area contributed by atoms with Gasteiger partial charge in [-0.1, -0.05) is 19.8 Å². The molecule has 0 aromatic rings. The fraction of sp³-hybridized carbons (Fsp3) is 1.00. The van der Waals surface area contributed by atoms with E-state index in [9.17, 15) is 0 Å². The SMILES string of the molecule is CCCCCOCCOCCOCCOCCOCCOCCOCCOCCOCCOC1CCCCO1. The van der Waals surface area contributed by atoms with Crippen molar-refractivity contribution in [2.45, 2.75) is 51.7 Å². The Bertz CT molecular complexity index is 453. The van der Waals surface area contributed by atoms with Crippen LogP contribution in [-0.4, -0.2) is 138 Å². The molecule has 1 unspecified atom stereocenters. The van der Waals surface area contributed by atoms with Crippen molar-refractivity contribution in [1.82, 2.24) is 0 Å². The normalized spacial score (nSPS) is 15.8. The van der Waals surface area contributed by atoms with E-state index in [0.717, 1.165) is 32.5 Å². The number of hydrogen-bond acceptors (Lipinski definition) is 11. The van der Waals surface area contributed by atoms with Gasteiger partial charge in [-0.05, 0) is 25.7 Å². The molecule has 0 spiro atoms. The summed E-state index contributed by atoms with van der Waals surface area (Å²) in [7, 11) is 0. The van der Waals surface area contributed by atoms with Crippen LogP contribution in [-0.2, 0) is 52.1 Å². The highest BCUT2D eigenvalue weighted by Gasteiger charge is 2.13. The Labute approximate surface area is 236 Å². The molecule has 11 heteroatoms. The van der Waals surface area contributed by atoms with Gasteiger partial charge < -0.3 is 52.1 Å². The van der Waals surface area contributed by atoms with Gasteiger partial charge in [-0.2, -0.15) is 0 Å². The second-order valence-electron chi connectivity index (χ2n) is 8.89. The van der Waals surface area contributed by atoms with Crippen molar-refractivity contribution in [2.24, 2.45) is 0 Å². The van der Waals surface area contributed by atoms with Crippen molar-refractivity contribution in [3.63, 3.8) is 0 Å². The van der Waals surface area contributed by atoms with Crippen LogP contribution in [0, 0.1) is 0 Å². The average molecular weight is 569 g/mol. The maximum absolute atomic E-state index is 5.60. The van der Waals surface area contributed by atoms with E-state index in [1.165, 1.54) is 19.3 Å². The topological polar surface area (TPSA) is 102 Å². The first-order chi connectivity index (χ1) is 19.4. The Morgan fingerprint density at radius 3 is 1.13 bits per heavy atom. The van der Waals surface area contributed by atoms with Gasteiger partial charge in [-0.25, -0.2) is 0 Å². The molecule has 11 nitrogen and oxygen atoms in total. The van der Waals surface area contributed by atoms with Gasteiger partial charge in [0.25, 0.3) is 0 Å². The predicted molar refractivity (Wildman–Crippen MR) is 146 cm³/mol. The van der Waals surface area contributed by atoms with Gasteiger partial charge in [0.15, 0.2) is 6.29 Å². The summed E-state index contributed by atoms with van der Waals surface area (Å²) in [5, 5.41) is 0. The van der Waals surface area contributed by atoms with Crippen LogP contribution in [0.4, 0.5) is 0 Å². The molecular formula is C28H56O11. The van der Waals surface area contributed by atoms with E-state index in [1.54, 1.807) is 0 Å². The third-order valence-electron chi connectivity index (χ3n) is 5.54. The molecule has 0 aromatic carbocycles.